The summed E-state index contributed by atoms with van der Waals surface area (Å²) in [4.78, 5) is 4.09. The number of hydrogen-bond donors (Lipinski definition) is 1. The number of rotatable bonds is 3. The maximum absolute atomic E-state index is 13.3. The lowest BCUT2D eigenvalue weighted by Gasteiger charge is -2.00. The number of halogens is 1. The molecular weight excluding hydrogens is 241 g/mol. The Morgan fingerprint density at radius 3 is 2.89 bits per heavy atom. The Balaban J connectivity index is 1.91. The van der Waals surface area contributed by atoms with E-state index in [0.717, 1.165) is 34.9 Å². The summed E-state index contributed by atoms with van der Waals surface area (Å²) in [6.45, 7) is 0. The number of nitrogens with zero attached hydrogens (tertiary/aromatic N) is 2. The van der Waals surface area contributed by atoms with Crippen LogP contribution in [-0.2, 0) is 12.8 Å². The van der Waals surface area contributed by atoms with Crippen LogP contribution in [-0.4, -0.2) is 9.66 Å². The molecule has 2 N–H and O–H groups in total. The Labute approximate surface area is 110 Å². The van der Waals surface area contributed by atoms with Gasteiger partial charge in [-0.2, -0.15) is 0 Å². The Kier molecular flexibility index (Phi) is 2.91. The molecule has 2 heterocycles. The van der Waals surface area contributed by atoms with Gasteiger partial charge >= 0.3 is 0 Å². The molecule has 0 atom stereocenters. The minimum atomic E-state index is -0.235. The minimum Gasteiger partial charge on any atom is -0.339 e. The maximum atomic E-state index is 13.3. The van der Waals surface area contributed by atoms with Crippen molar-refractivity contribution in [3.8, 4) is 0 Å². The van der Waals surface area contributed by atoms with E-state index in [1.807, 2.05) is 24.5 Å². The minimum absolute atomic E-state index is 0.235. The zero-order valence-corrected chi connectivity index (χ0v) is 10.4. The van der Waals surface area contributed by atoms with Gasteiger partial charge in [0.15, 0.2) is 0 Å². The molecule has 0 saturated heterocycles. The molecule has 0 saturated carbocycles. The zero-order chi connectivity index (χ0) is 13.2. The first-order chi connectivity index (χ1) is 9.24. The van der Waals surface area contributed by atoms with Gasteiger partial charge in [-0.3, -0.25) is 9.66 Å². The largest absolute Gasteiger partial charge is 0.339 e. The molecule has 0 unspecified atom stereocenters. The van der Waals surface area contributed by atoms with Crippen LogP contribution in [0.3, 0.4) is 0 Å². The number of hydrogen-bond acceptors (Lipinski definition) is 2. The van der Waals surface area contributed by atoms with E-state index in [0.29, 0.717) is 0 Å². The van der Waals surface area contributed by atoms with Gasteiger partial charge in [-0.25, -0.2) is 4.39 Å². The lowest BCUT2D eigenvalue weighted by molar-refractivity contribution is 0.629. The Morgan fingerprint density at radius 2 is 2.11 bits per heavy atom. The van der Waals surface area contributed by atoms with Crippen LogP contribution >= 0.6 is 0 Å². The topological polar surface area (TPSA) is 43.8 Å². The van der Waals surface area contributed by atoms with Gasteiger partial charge in [-0.05, 0) is 48.2 Å². The van der Waals surface area contributed by atoms with Gasteiger partial charge in [0.1, 0.15) is 5.82 Å². The molecular formula is C15H14FN3. The number of benzene rings is 1. The first kappa shape index (κ1) is 11.7. The SMILES string of the molecule is Nn1cc(CCc2cccnc2)c2cc(F)ccc21. The molecule has 19 heavy (non-hydrogen) atoms. The highest BCUT2D eigenvalue weighted by Gasteiger charge is 2.08. The van der Waals surface area contributed by atoms with Crippen LogP contribution in [0.2, 0.25) is 0 Å². The standard InChI is InChI=1S/C15H14FN3/c16-13-5-6-15-14(8-13)12(10-19(15)17)4-3-11-2-1-7-18-9-11/h1-2,5-10H,3-4,17H2. The average molecular weight is 255 g/mol. The van der Waals surface area contributed by atoms with Gasteiger partial charge < -0.3 is 5.84 Å². The van der Waals surface area contributed by atoms with Gasteiger partial charge in [0, 0.05) is 24.0 Å². The van der Waals surface area contributed by atoms with Crippen molar-refractivity contribution < 1.29 is 4.39 Å². The van der Waals surface area contributed by atoms with Crippen molar-refractivity contribution in [1.29, 1.82) is 0 Å². The lowest BCUT2D eigenvalue weighted by Crippen LogP contribution is -2.05. The molecule has 3 aromatic rings. The number of fused-ring (bicyclic) bond motifs is 1. The van der Waals surface area contributed by atoms with Gasteiger partial charge in [-0.15, -0.1) is 0 Å². The third kappa shape index (κ3) is 2.29. The molecule has 4 heteroatoms. The summed E-state index contributed by atoms with van der Waals surface area (Å²) < 4.78 is 14.9. The summed E-state index contributed by atoms with van der Waals surface area (Å²) >= 11 is 0. The van der Waals surface area contributed by atoms with E-state index >= 15 is 0 Å². The molecule has 2 aromatic heterocycles. The average Bonchev–Trinajstić information content (AvgIpc) is 2.74. The van der Waals surface area contributed by atoms with E-state index in [-0.39, 0.29) is 5.82 Å². The van der Waals surface area contributed by atoms with E-state index in [1.54, 1.807) is 16.9 Å². The Morgan fingerprint density at radius 1 is 1.21 bits per heavy atom. The fraction of sp³-hybridized carbons (Fsp3) is 0.133. The summed E-state index contributed by atoms with van der Waals surface area (Å²) in [7, 11) is 0. The van der Waals surface area contributed by atoms with Crippen LogP contribution in [0.1, 0.15) is 11.1 Å². The van der Waals surface area contributed by atoms with Crippen molar-refractivity contribution in [2.75, 3.05) is 5.84 Å². The van der Waals surface area contributed by atoms with Crippen LogP contribution in [0.25, 0.3) is 10.9 Å². The maximum Gasteiger partial charge on any atom is 0.123 e. The van der Waals surface area contributed by atoms with E-state index in [2.05, 4.69) is 4.98 Å². The summed E-state index contributed by atoms with van der Waals surface area (Å²) in [6, 6.07) is 8.63. The second-order valence-corrected chi connectivity index (χ2v) is 4.58. The number of nitrogen functional groups attached to an aromatic ring is 1. The number of aromatic nitrogens is 2. The fourth-order valence-corrected chi connectivity index (χ4v) is 2.32. The van der Waals surface area contributed by atoms with Crippen LogP contribution in [0.4, 0.5) is 4.39 Å². The molecule has 3 nitrogen and oxygen atoms in total. The summed E-state index contributed by atoms with van der Waals surface area (Å²) in [6.07, 6.45) is 7.15. The second-order valence-electron chi connectivity index (χ2n) is 4.58. The van der Waals surface area contributed by atoms with E-state index in [1.165, 1.54) is 12.1 Å². The van der Waals surface area contributed by atoms with Crippen LogP contribution < -0.4 is 5.84 Å². The molecule has 0 aliphatic carbocycles. The smallest absolute Gasteiger partial charge is 0.123 e. The quantitative estimate of drug-likeness (QED) is 0.731. The summed E-state index contributed by atoms with van der Waals surface area (Å²) in [5.41, 5.74) is 3.07. The fourth-order valence-electron chi connectivity index (χ4n) is 2.32. The second kappa shape index (κ2) is 4.72. The van der Waals surface area contributed by atoms with Crippen LogP contribution in [0.5, 0.6) is 0 Å². The van der Waals surface area contributed by atoms with E-state index in [9.17, 15) is 4.39 Å². The molecule has 3 rings (SSSR count). The highest BCUT2D eigenvalue weighted by molar-refractivity contribution is 5.84. The van der Waals surface area contributed by atoms with Crippen molar-refractivity contribution in [3.63, 3.8) is 0 Å². The highest BCUT2D eigenvalue weighted by Crippen LogP contribution is 2.22. The van der Waals surface area contributed by atoms with Gasteiger partial charge in [0.2, 0.25) is 0 Å². The van der Waals surface area contributed by atoms with Crippen molar-refractivity contribution in [2.45, 2.75) is 12.8 Å². The third-order valence-corrected chi connectivity index (χ3v) is 3.28. The molecule has 1 aromatic carbocycles. The molecule has 0 spiro atoms. The number of aryl methyl sites for hydroxylation is 2. The first-order valence-electron chi connectivity index (χ1n) is 6.17. The first-order valence-corrected chi connectivity index (χ1v) is 6.17. The van der Waals surface area contributed by atoms with Gasteiger partial charge in [-0.1, -0.05) is 6.07 Å². The Bertz CT molecular complexity index is 704. The van der Waals surface area contributed by atoms with E-state index < -0.39 is 0 Å². The van der Waals surface area contributed by atoms with Crippen molar-refractivity contribution >= 4 is 10.9 Å². The lowest BCUT2D eigenvalue weighted by atomic mass is 10.1. The molecule has 0 aliphatic rings. The van der Waals surface area contributed by atoms with Crippen molar-refractivity contribution in [2.24, 2.45) is 0 Å². The van der Waals surface area contributed by atoms with Gasteiger partial charge in [0.05, 0.1) is 5.52 Å². The van der Waals surface area contributed by atoms with Crippen LogP contribution in [0, 0.1) is 5.82 Å². The van der Waals surface area contributed by atoms with Crippen molar-refractivity contribution in [3.05, 3.63) is 65.9 Å². The summed E-state index contributed by atoms with van der Waals surface area (Å²) in [5, 5.41) is 0.881. The monoisotopic (exact) mass is 255 g/mol. The molecule has 0 radical (unpaired) electrons. The number of nitrogens with two attached hydrogens (primary N) is 1. The third-order valence-electron chi connectivity index (χ3n) is 3.28. The predicted octanol–water partition coefficient (Wildman–Crippen LogP) is 2.67. The normalized spacial score (nSPS) is 11.0. The van der Waals surface area contributed by atoms with Crippen molar-refractivity contribution in [1.82, 2.24) is 9.66 Å². The van der Waals surface area contributed by atoms with Crippen LogP contribution in [0.15, 0.2) is 48.9 Å². The summed E-state index contributed by atoms with van der Waals surface area (Å²) in [5.74, 6) is 5.64. The van der Waals surface area contributed by atoms with E-state index in [4.69, 9.17) is 5.84 Å². The molecule has 0 bridgehead atoms. The molecule has 0 aliphatic heterocycles. The molecule has 0 fully saturated rings. The zero-order valence-electron chi connectivity index (χ0n) is 10.4. The Hall–Kier alpha value is -2.36. The molecule has 96 valence electrons. The predicted molar refractivity (Wildman–Crippen MR) is 73.7 cm³/mol. The highest BCUT2D eigenvalue weighted by atomic mass is 19.1. The number of pyridine rings is 1. The van der Waals surface area contributed by atoms with Gasteiger partial charge in [0.25, 0.3) is 0 Å². The molecule has 0 amide bonds.